The van der Waals surface area contributed by atoms with Gasteiger partial charge in [0.1, 0.15) is 0 Å². The fourth-order valence-corrected chi connectivity index (χ4v) is 2.72. The summed E-state index contributed by atoms with van der Waals surface area (Å²) in [7, 11) is 0. The quantitative estimate of drug-likeness (QED) is 0.406. The molecule has 0 fully saturated rings. The minimum atomic E-state index is -0.663. The zero-order valence-electron chi connectivity index (χ0n) is 10.6. The first-order valence-electron chi connectivity index (χ1n) is 6.05. The maximum absolute atomic E-state index is 13.7. The average molecular weight is 359 g/mol. The molecule has 0 unspecified atom stereocenters. The van der Waals surface area contributed by atoms with E-state index in [1.165, 1.54) is 12.1 Å². The summed E-state index contributed by atoms with van der Waals surface area (Å²) in [4.78, 5) is 1.10. The second-order valence-corrected chi connectivity index (χ2v) is 5.76. The molecule has 2 rings (SSSR count). The first kappa shape index (κ1) is 15.3. The predicted molar refractivity (Wildman–Crippen MR) is 81.7 cm³/mol. The highest BCUT2D eigenvalue weighted by atomic mass is 79.9. The highest BCUT2D eigenvalue weighted by molar-refractivity contribution is 9.08. The van der Waals surface area contributed by atoms with Gasteiger partial charge >= 0.3 is 0 Å². The minimum Gasteiger partial charge on any atom is -0.487 e. The molecular weight excluding hydrogens is 346 g/mol. The van der Waals surface area contributed by atoms with E-state index in [-0.39, 0.29) is 12.4 Å². The third-order valence-electron chi connectivity index (χ3n) is 2.55. The zero-order chi connectivity index (χ0) is 14.4. The molecule has 0 aliphatic heterocycles. The highest BCUT2D eigenvalue weighted by Crippen LogP contribution is 2.25. The van der Waals surface area contributed by atoms with Crippen molar-refractivity contribution in [3.05, 3.63) is 59.7 Å². The van der Waals surface area contributed by atoms with Crippen LogP contribution >= 0.6 is 27.7 Å². The Morgan fingerprint density at radius 1 is 1.05 bits per heavy atom. The van der Waals surface area contributed by atoms with E-state index in [9.17, 15) is 8.78 Å². The lowest BCUT2D eigenvalue weighted by atomic mass is 10.2. The van der Waals surface area contributed by atoms with Crippen molar-refractivity contribution in [3.63, 3.8) is 0 Å². The number of thioether (sulfide) groups is 1. The van der Waals surface area contributed by atoms with E-state index in [0.29, 0.717) is 16.6 Å². The second kappa shape index (κ2) is 7.64. The number of hydrogen-bond donors (Lipinski definition) is 0. The molecule has 20 heavy (non-hydrogen) atoms. The van der Waals surface area contributed by atoms with Crippen molar-refractivity contribution in [2.75, 3.05) is 12.4 Å². The fraction of sp³-hybridized carbons (Fsp3) is 0.200. The molecule has 0 saturated heterocycles. The first-order valence-corrected chi connectivity index (χ1v) is 8.16. The Bertz CT molecular complexity index is 540. The largest absolute Gasteiger partial charge is 0.487 e. The molecule has 0 N–H and O–H groups in total. The van der Waals surface area contributed by atoms with Crippen molar-refractivity contribution >= 4 is 27.7 Å². The number of hydrogen-bond acceptors (Lipinski definition) is 2. The number of halogens is 3. The highest BCUT2D eigenvalue weighted by Gasteiger charge is 2.12. The van der Waals surface area contributed by atoms with Crippen LogP contribution in [-0.2, 0) is 5.33 Å². The van der Waals surface area contributed by atoms with E-state index in [0.717, 1.165) is 4.90 Å². The molecule has 0 heterocycles. The second-order valence-electron chi connectivity index (χ2n) is 4.03. The number of rotatable bonds is 6. The van der Waals surface area contributed by atoms with Crippen LogP contribution in [0.15, 0.2) is 47.4 Å². The van der Waals surface area contributed by atoms with E-state index in [1.54, 1.807) is 11.8 Å². The van der Waals surface area contributed by atoms with Crippen LogP contribution in [-0.4, -0.2) is 12.4 Å². The first-order chi connectivity index (χ1) is 9.70. The van der Waals surface area contributed by atoms with Crippen LogP contribution in [0.1, 0.15) is 5.56 Å². The van der Waals surface area contributed by atoms with Crippen LogP contribution in [0.3, 0.4) is 0 Å². The zero-order valence-corrected chi connectivity index (χ0v) is 13.0. The molecule has 1 nitrogen and oxygen atoms in total. The Hall–Kier alpha value is -1.07. The Labute approximate surface area is 129 Å². The molecule has 0 amide bonds. The number of benzene rings is 2. The van der Waals surface area contributed by atoms with Crippen molar-refractivity contribution < 1.29 is 13.5 Å². The minimum absolute atomic E-state index is 0.251. The van der Waals surface area contributed by atoms with E-state index in [2.05, 4.69) is 15.9 Å². The molecule has 5 heteroatoms. The van der Waals surface area contributed by atoms with Gasteiger partial charge in [-0.15, -0.1) is 11.8 Å². The summed E-state index contributed by atoms with van der Waals surface area (Å²) in [5, 5.41) is 0.408. The lowest BCUT2D eigenvalue weighted by molar-refractivity contribution is 0.305. The van der Waals surface area contributed by atoms with E-state index >= 15 is 0 Å². The van der Waals surface area contributed by atoms with Crippen LogP contribution in [0.25, 0.3) is 0 Å². The van der Waals surface area contributed by atoms with Gasteiger partial charge in [0.25, 0.3) is 0 Å². The molecule has 0 saturated carbocycles. The summed E-state index contributed by atoms with van der Waals surface area (Å²) in [6.07, 6.45) is 0. The molecule has 0 aliphatic rings. The van der Waals surface area contributed by atoms with Crippen molar-refractivity contribution in [1.82, 2.24) is 0 Å². The Balaban J connectivity index is 1.88. The third kappa shape index (κ3) is 4.21. The van der Waals surface area contributed by atoms with Crippen LogP contribution < -0.4 is 4.74 Å². The van der Waals surface area contributed by atoms with Gasteiger partial charge in [-0.2, -0.15) is 0 Å². The monoisotopic (exact) mass is 358 g/mol. The van der Waals surface area contributed by atoms with Crippen molar-refractivity contribution in [1.29, 1.82) is 0 Å². The molecular formula is C15H13BrF2OS. The summed E-state index contributed by atoms with van der Waals surface area (Å²) >= 11 is 4.74. The smallest absolute Gasteiger partial charge is 0.190 e. The van der Waals surface area contributed by atoms with Crippen LogP contribution in [0.4, 0.5) is 8.78 Å². The lowest BCUT2D eigenvalue weighted by Gasteiger charge is -2.09. The Morgan fingerprint density at radius 3 is 2.30 bits per heavy atom. The number of alkyl halides is 1. The summed E-state index contributed by atoms with van der Waals surface area (Å²) in [5.74, 6) is -1.00. The van der Waals surface area contributed by atoms with Gasteiger partial charge < -0.3 is 4.74 Å². The Morgan fingerprint density at radius 2 is 1.70 bits per heavy atom. The SMILES string of the molecule is Fc1cc(CBr)cc(F)c1OCCSc1ccccc1. The molecule has 0 aliphatic carbocycles. The van der Waals surface area contributed by atoms with Gasteiger partial charge in [-0.25, -0.2) is 8.78 Å². The van der Waals surface area contributed by atoms with E-state index in [1.807, 2.05) is 30.3 Å². The molecule has 0 radical (unpaired) electrons. The maximum atomic E-state index is 13.7. The van der Waals surface area contributed by atoms with Gasteiger partial charge in [-0.05, 0) is 29.8 Å². The molecule has 0 bridgehead atoms. The topological polar surface area (TPSA) is 9.23 Å². The van der Waals surface area contributed by atoms with Gasteiger partial charge in [0, 0.05) is 16.0 Å². The molecule has 0 atom stereocenters. The number of ether oxygens (including phenoxy) is 1. The van der Waals surface area contributed by atoms with Gasteiger partial charge in [0.05, 0.1) is 6.61 Å². The van der Waals surface area contributed by atoms with Crippen molar-refractivity contribution in [3.8, 4) is 5.75 Å². The van der Waals surface area contributed by atoms with Crippen LogP contribution in [0.2, 0.25) is 0 Å². The van der Waals surface area contributed by atoms with Crippen molar-refractivity contribution in [2.45, 2.75) is 10.2 Å². The lowest BCUT2D eigenvalue weighted by Crippen LogP contribution is -2.04. The summed E-state index contributed by atoms with van der Waals surface area (Å²) in [6.45, 7) is 0.251. The average Bonchev–Trinajstić information content (AvgIpc) is 2.46. The van der Waals surface area contributed by atoms with E-state index in [4.69, 9.17) is 4.74 Å². The van der Waals surface area contributed by atoms with Gasteiger partial charge in [0.2, 0.25) is 0 Å². The summed E-state index contributed by atoms with van der Waals surface area (Å²) in [6, 6.07) is 12.3. The predicted octanol–water partition coefficient (Wildman–Crippen LogP) is 5.03. The Kier molecular flexibility index (Phi) is 5.86. The van der Waals surface area contributed by atoms with Gasteiger partial charge in [-0.1, -0.05) is 34.1 Å². The normalized spacial score (nSPS) is 10.6. The van der Waals surface area contributed by atoms with Gasteiger partial charge in [0.15, 0.2) is 17.4 Å². The molecule has 0 aromatic heterocycles. The fourth-order valence-electron chi connectivity index (χ4n) is 1.65. The maximum Gasteiger partial charge on any atom is 0.190 e. The van der Waals surface area contributed by atoms with Crippen LogP contribution in [0.5, 0.6) is 5.75 Å². The van der Waals surface area contributed by atoms with E-state index < -0.39 is 11.6 Å². The molecule has 0 spiro atoms. The van der Waals surface area contributed by atoms with Crippen LogP contribution in [0, 0.1) is 11.6 Å². The summed E-state index contributed by atoms with van der Waals surface area (Å²) in [5.41, 5.74) is 0.547. The van der Waals surface area contributed by atoms with Gasteiger partial charge in [-0.3, -0.25) is 0 Å². The third-order valence-corrected chi connectivity index (χ3v) is 4.18. The molecule has 106 valence electrons. The summed E-state index contributed by atoms with van der Waals surface area (Å²) < 4.78 is 32.5. The standard InChI is InChI=1S/C15H13BrF2OS/c16-10-11-8-13(17)15(14(18)9-11)19-6-7-20-12-4-2-1-3-5-12/h1-5,8-9H,6-7,10H2. The molecule has 2 aromatic carbocycles. The molecule has 2 aromatic rings. The van der Waals surface area contributed by atoms with Crippen molar-refractivity contribution in [2.24, 2.45) is 0 Å².